The molecule has 0 spiro atoms. The summed E-state index contributed by atoms with van der Waals surface area (Å²) in [6, 6.07) is 11.1. The molecule has 0 bridgehead atoms. The largest absolute Gasteiger partial charge is 0.495 e. The molecule has 1 aliphatic heterocycles. The molecule has 2 aromatic carbocycles. The van der Waals surface area contributed by atoms with Crippen molar-refractivity contribution in [1.82, 2.24) is 4.90 Å². The van der Waals surface area contributed by atoms with Crippen molar-refractivity contribution in [3.63, 3.8) is 0 Å². The van der Waals surface area contributed by atoms with Gasteiger partial charge in [0.05, 0.1) is 36.5 Å². The van der Waals surface area contributed by atoms with E-state index in [1.54, 1.807) is 6.92 Å². The molecule has 3 rings (SSSR count). The number of rotatable bonds is 6. The zero-order chi connectivity index (χ0) is 21.0. The van der Waals surface area contributed by atoms with Gasteiger partial charge in [0.25, 0.3) is 5.69 Å². The summed E-state index contributed by atoms with van der Waals surface area (Å²) < 4.78 is 11.1. The first kappa shape index (κ1) is 21.0. The van der Waals surface area contributed by atoms with Crippen molar-refractivity contribution in [2.24, 2.45) is 0 Å². The summed E-state index contributed by atoms with van der Waals surface area (Å²) >= 11 is 5.95. The summed E-state index contributed by atoms with van der Waals surface area (Å²) in [6.45, 7) is 3.43. The molecule has 0 saturated carbocycles. The van der Waals surface area contributed by atoms with Crippen LogP contribution in [0.5, 0.6) is 5.75 Å². The molecule has 0 aliphatic carbocycles. The van der Waals surface area contributed by atoms with E-state index in [2.05, 4.69) is 5.32 Å². The monoisotopic (exact) mass is 419 g/mol. The molecule has 1 aliphatic rings. The van der Waals surface area contributed by atoms with Gasteiger partial charge in [-0.1, -0.05) is 23.7 Å². The van der Waals surface area contributed by atoms with Crippen LogP contribution in [0.3, 0.4) is 0 Å². The lowest BCUT2D eigenvalue weighted by molar-refractivity contribution is -0.384. The average Bonchev–Trinajstić information content (AvgIpc) is 2.73. The minimum absolute atomic E-state index is 0.122. The molecule has 1 fully saturated rings. The fraction of sp³-hybridized carbons (Fsp3) is 0.350. The number of methoxy groups -OCH3 is 1. The number of non-ortho nitro benzene ring substituents is 1. The van der Waals surface area contributed by atoms with E-state index >= 15 is 0 Å². The highest BCUT2D eigenvalue weighted by atomic mass is 35.5. The van der Waals surface area contributed by atoms with E-state index in [0.717, 1.165) is 5.56 Å². The molecule has 29 heavy (non-hydrogen) atoms. The number of anilines is 1. The van der Waals surface area contributed by atoms with E-state index in [1.165, 1.54) is 25.3 Å². The summed E-state index contributed by atoms with van der Waals surface area (Å²) in [7, 11) is 1.44. The van der Waals surface area contributed by atoms with Gasteiger partial charge in [0.1, 0.15) is 5.75 Å². The number of hydrogen-bond donors (Lipinski definition) is 1. The maximum Gasteiger partial charge on any atom is 0.271 e. The van der Waals surface area contributed by atoms with Crippen LogP contribution in [-0.2, 0) is 9.53 Å². The fourth-order valence-electron chi connectivity index (χ4n) is 3.21. The first-order valence-corrected chi connectivity index (χ1v) is 9.51. The predicted molar refractivity (Wildman–Crippen MR) is 109 cm³/mol. The van der Waals surface area contributed by atoms with E-state index in [-0.39, 0.29) is 23.4 Å². The van der Waals surface area contributed by atoms with Crippen molar-refractivity contribution in [1.29, 1.82) is 0 Å². The van der Waals surface area contributed by atoms with Gasteiger partial charge in [-0.15, -0.1) is 0 Å². The normalized spacial score (nSPS) is 18.1. The van der Waals surface area contributed by atoms with Crippen molar-refractivity contribution in [3.8, 4) is 5.75 Å². The van der Waals surface area contributed by atoms with Gasteiger partial charge in [-0.2, -0.15) is 0 Å². The molecule has 154 valence electrons. The van der Waals surface area contributed by atoms with Crippen molar-refractivity contribution in [3.05, 3.63) is 63.2 Å². The van der Waals surface area contributed by atoms with Gasteiger partial charge in [-0.3, -0.25) is 19.8 Å². The van der Waals surface area contributed by atoms with Crippen LogP contribution < -0.4 is 10.1 Å². The van der Waals surface area contributed by atoms with Gasteiger partial charge in [0.15, 0.2) is 0 Å². The van der Waals surface area contributed by atoms with Gasteiger partial charge in [0, 0.05) is 30.2 Å². The highest BCUT2D eigenvalue weighted by molar-refractivity contribution is 6.30. The van der Waals surface area contributed by atoms with E-state index in [0.29, 0.717) is 30.5 Å². The number of amides is 1. The van der Waals surface area contributed by atoms with Crippen LogP contribution in [-0.4, -0.2) is 48.6 Å². The van der Waals surface area contributed by atoms with Gasteiger partial charge in [-0.25, -0.2) is 0 Å². The van der Waals surface area contributed by atoms with E-state index in [9.17, 15) is 14.9 Å². The van der Waals surface area contributed by atoms with E-state index < -0.39 is 11.0 Å². The lowest BCUT2D eigenvalue weighted by Gasteiger charge is -2.36. The van der Waals surface area contributed by atoms with Crippen LogP contribution in [0.15, 0.2) is 42.5 Å². The molecule has 1 saturated heterocycles. The molecule has 0 radical (unpaired) electrons. The standard InChI is InChI=1S/C20H22ClN3O5/c1-13(20(25)22-17-11-16(24(26)27)7-8-18(17)28-2)23-9-10-29-19(12-23)14-3-5-15(21)6-4-14/h3-8,11,13,19H,9-10,12H2,1-2H3,(H,22,25). The smallest absolute Gasteiger partial charge is 0.271 e. The second-order valence-electron chi connectivity index (χ2n) is 6.71. The van der Waals surface area contributed by atoms with E-state index in [1.807, 2.05) is 29.2 Å². The number of benzene rings is 2. The van der Waals surface area contributed by atoms with Crippen molar-refractivity contribution in [2.45, 2.75) is 19.1 Å². The Morgan fingerprint density at radius 1 is 1.34 bits per heavy atom. The number of halogens is 1. The van der Waals surface area contributed by atoms with Crippen LogP contribution in [0.2, 0.25) is 5.02 Å². The number of hydrogen-bond acceptors (Lipinski definition) is 6. The maximum atomic E-state index is 12.8. The SMILES string of the molecule is COc1ccc([N+](=O)[O-])cc1NC(=O)C(C)N1CCOC(c2ccc(Cl)cc2)C1. The average molecular weight is 420 g/mol. The number of morpholine rings is 1. The molecular weight excluding hydrogens is 398 g/mol. The number of carbonyl (C=O) groups is 1. The zero-order valence-corrected chi connectivity index (χ0v) is 16.9. The molecule has 2 atom stereocenters. The highest BCUT2D eigenvalue weighted by Crippen LogP contribution is 2.30. The van der Waals surface area contributed by atoms with Gasteiger partial charge in [0.2, 0.25) is 5.91 Å². The topological polar surface area (TPSA) is 93.9 Å². The summed E-state index contributed by atoms with van der Waals surface area (Å²) in [5.41, 5.74) is 1.14. The fourth-order valence-corrected chi connectivity index (χ4v) is 3.34. The molecule has 2 aromatic rings. The summed E-state index contributed by atoms with van der Waals surface area (Å²) in [5.74, 6) is 0.0812. The Morgan fingerprint density at radius 2 is 2.07 bits per heavy atom. The van der Waals surface area contributed by atoms with Crippen molar-refractivity contribution < 1.29 is 19.2 Å². The molecular formula is C20H22ClN3O5. The summed E-state index contributed by atoms with van der Waals surface area (Å²) in [6.07, 6.45) is -0.163. The summed E-state index contributed by atoms with van der Waals surface area (Å²) in [4.78, 5) is 25.3. The highest BCUT2D eigenvalue weighted by Gasteiger charge is 2.29. The number of nitrogens with one attached hydrogen (secondary N) is 1. The van der Waals surface area contributed by atoms with Crippen LogP contribution in [0.25, 0.3) is 0 Å². The molecule has 8 nitrogen and oxygen atoms in total. The number of nitro benzene ring substituents is 1. The second-order valence-corrected chi connectivity index (χ2v) is 7.15. The van der Waals surface area contributed by atoms with Crippen LogP contribution >= 0.6 is 11.6 Å². The van der Waals surface area contributed by atoms with Crippen LogP contribution in [0, 0.1) is 10.1 Å². The predicted octanol–water partition coefficient (Wildman–Crippen LogP) is 3.66. The van der Waals surface area contributed by atoms with Crippen molar-refractivity contribution >= 4 is 28.9 Å². The Bertz CT molecular complexity index is 890. The maximum absolute atomic E-state index is 12.8. The lowest BCUT2D eigenvalue weighted by atomic mass is 10.1. The third-order valence-corrected chi connectivity index (χ3v) is 5.17. The zero-order valence-electron chi connectivity index (χ0n) is 16.1. The first-order chi connectivity index (χ1) is 13.9. The van der Waals surface area contributed by atoms with E-state index in [4.69, 9.17) is 21.1 Å². The molecule has 1 heterocycles. The van der Waals surface area contributed by atoms with Gasteiger partial charge >= 0.3 is 0 Å². The van der Waals surface area contributed by atoms with Crippen molar-refractivity contribution in [2.75, 3.05) is 32.1 Å². The minimum Gasteiger partial charge on any atom is -0.495 e. The Kier molecular flexibility index (Phi) is 6.68. The minimum atomic E-state index is -0.517. The molecule has 2 unspecified atom stereocenters. The Labute approximate surface area is 173 Å². The Balaban J connectivity index is 1.70. The Morgan fingerprint density at radius 3 is 2.72 bits per heavy atom. The second kappa shape index (κ2) is 9.21. The number of nitrogens with zero attached hydrogens (tertiary/aromatic N) is 2. The third-order valence-electron chi connectivity index (χ3n) is 4.92. The molecule has 9 heteroatoms. The number of nitro groups is 1. The van der Waals surface area contributed by atoms with Gasteiger partial charge in [-0.05, 0) is 30.7 Å². The van der Waals surface area contributed by atoms with Gasteiger partial charge < -0.3 is 14.8 Å². The van der Waals surface area contributed by atoms with Crippen LogP contribution in [0.4, 0.5) is 11.4 Å². The summed E-state index contributed by atoms with van der Waals surface area (Å²) in [5, 5.41) is 14.4. The number of carbonyl (C=O) groups excluding carboxylic acids is 1. The molecule has 0 aromatic heterocycles. The lowest BCUT2D eigenvalue weighted by Crippen LogP contribution is -2.48. The quantitative estimate of drug-likeness (QED) is 0.567. The number of ether oxygens (including phenoxy) is 2. The molecule has 1 N–H and O–H groups in total. The molecule has 1 amide bonds. The van der Waals surface area contributed by atoms with Crippen LogP contribution in [0.1, 0.15) is 18.6 Å². The first-order valence-electron chi connectivity index (χ1n) is 9.13. The third kappa shape index (κ3) is 5.03. The Hall–Kier alpha value is -2.68.